The lowest BCUT2D eigenvalue weighted by Gasteiger charge is -1.90. The molecule has 10 heavy (non-hydrogen) atoms. The van der Waals surface area contributed by atoms with Gasteiger partial charge in [-0.2, -0.15) is 0 Å². The normalized spacial score (nSPS) is 13.4. The van der Waals surface area contributed by atoms with Crippen LogP contribution in [0.4, 0.5) is 0 Å². The van der Waals surface area contributed by atoms with Gasteiger partial charge in [0.1, 0.15) is 5.76 Å². The molecule has 56 valence electrons. The second-order valence-electron chi connectivity index (χ2n) is 1.98. The van der Waals surface area contributed by atoms with Gasteiger partial charge in [0.2, 0.25) is 0 Å². The van der Waals surface area contributed by atoms with Crippen molar-refractivity contribution in [1.29, 1.82) is 0 Å². The van der Waals surface area contributed by atoms with Crippen LogP contribution in [0.15, 0.2) is 36.1 Å². The van der Waals surface area contributed by atoms with Crippen LogP contribution in [0, 0.1) is 0 Å². The molecule has 0 aliphatic heterocycles. The van der Waals surface area contributed by atoms with Crippen LogP contribution in [-0.2, 0) is 0 Å². The van der Waals surface area contributed by atoms with Crippen LogP contribution in [0.2, 0.25) is 0 Å². The van der Waals surface area contributed by atoms with E-state index in [0.717, 1.165) is 5.57 Å². The first-order valence-electron chi connectivity index (χ1n) is 3.09. The maximum Gasteiger partial charge on any atom is 0.106 e. The molecule has 0 spiro atoms. The Kier molecular flexibility index (Phi) is 4.33. The van der Waals surface area contributed by atoms with E-state index in [0.29, 0.717) is 0 Å². The summed E-state index contributed by atoms with van der Waals surface area (Å²) in [5.74, 6) is 0.182. The van der Waals surface area contributed by atoms with Crippen LogP contribution in [-0.4, -0.2) is 11.7 Å². The number of hydrogen-bond donors (Lipinski definition) is 2. The molecular formula is C8H13NO. The highest BCUT2D eigenvalue weighted by Gasteiger charge is 1.82. The summed E-state index contributed by atoms with van der Waals surface area (Å²) in [6, 6.07) is 0. The topological polar surface area (TPSA) is 46.2 Å². The van der Waals surface area contributed by atoms with Crippen molar-refractivity contribution in [2.75, 3.05) is 6.54 Å². The number of aliphatic hydroxyl groups is 1. The molecule has 2 nitrogen and oxygen atoms in total. The first-order chi connectivity index (χ1) is 4.70. The molecular weight excluding hydrogens is 126 g/mol. The van der Waals surface area contributed by atoms with Crippen molar-refractivity contribution in [3.05, 3.63) is 36.1 Å². The van der Waals surface area contributed by atoms with E-state index in [1.807, 2.05) is 6.92 Å². The third kappa shape index (κ3) is 3.92. The van der Waals surface area contributed by atoms with Crippen LogP contribution in [0.5, 0.6) is 0 Å². The standard InChI is InChI=1S/C8H13NO/c1-3-7(2)4-5-8(10)6-9/h3-5,10H,1,6,9H2,2H3/b7-4-,8-5+. The largest absolute Gasteiger partial charge is 0.511 e. The Balaban J connectivity index is 4.03. The fourth-order valence-electron chi connectivity index (χ4n) is 0.364. The SMILES string of the molecule is C=C/C(C)=C\C=C(\O)CN. The Morgan fingerprint density at radius 2 is 2.20 bits per heavy atom. The zero-order valence-electron chi connectivity index (χ0n) is 6.17. The summed E-state index contributed by atoms with van der Waals surface area (Å²) in [5, 5.41) is 8.86. The summed E-state index contributed by atoms with van der Waals surface area (Å²) < 4.78 is 0. The van der Waals surface area contributed by atoms with E-state index in [9.17, 15) is 0 Å². The minimum absolute atomic E-state index is 0.181. The molecule has 0 saturated heterocycles. The van der Waals surface area contributed by atoms with Crippen LogP contribution >= 0.6 is 0 Å². The Bertz CT molecular complexity index is 168. The molecule has 2 heteroatoms. The highest BCUT2D eigenvalue weighted by atomic mass is 16.3. The van der Waals surface area contributed by atoms with Crippen molar-refractivity contribution in [3.8, 4) is 0 Å². The van der Waals surface area contributed by atoms with Gasteiger partial charge in [-0.05, 0) is 13.0 Å². The van der Waals surface area contributed by atoms with Crippen molar-refractivity contribution in [1.82, 2.24) is 0 Å². The number of hydrogen-bond acceptors (Lipinski definition) is 2. The van der Waals surface area contributed by atoms with Crippen LogP contribution < -0.4 is 5.73 Å². The van der Waals surface area contributed by atoms with Gasteiger partial charge in [-0.25, -0.2) is 0 Å². The monoisotopic (exact) mass is 139 g/mol. The summed E-state index contributed by atoms with van der Waals surface area (Å²) in [6.45, 7) is 5.63. The second-order valence-corrected chi connectivity index (χ2v) is 1.98. The van der Waals surface area contributed by atoms with Crippen molar-refractivity contribution in [2.24, 2.45) is 5.73 Å². The highest BCUT2D eigenvalue weighted by molar-refractivity contribution is 5.20. The van der Waals surface area contributed by atoms with Gasteiger partial charge in [0.05, 0.1) is 6.54 Å². The zero-order valence-corrected chi connectivity index (χ0v) is 6.17. The Morgan fingerprint density at radius 1 is 1.60 bits per heavy atom. The average Bonchev–Trinajstić information content (AvgIpc) is 1.99. The lowest BCUT2D eigenvalue weighted by atomic mass is 10.2. The summed E-state index contributed by atoms with van der Waals surface area (Å²) >= 11 is 0. The molecule has 0 radical (unpaired) electrons. The van der Waals surface area contributed by atoms with E-state index in [1.54, 1.807) is 18.2 Å². The van der Waals surface area contributed by atoms with Gasteiger partial charge in [-0.15, -0.1) is 0 Å². The predicted octanol–water partition coefficient (Wildman–Crippen LogP) is 1.52. The maximum absolute atomic E-state index is 8.86. The zero-order chi connectivity index (χ0) is 7.98. The Labute approximate surface area is 61.4 Å². The molecule has 0 saturated carbocycles. The van der Waals surface area contributed by atoms with Crippen molar-refractivity contribution >= 4 is 0 Å². The van der Waals surface area contributed by atoms with Crippen LogP contribution in [0.3, 0.4) is 0 Å². The minimum atomic E-state index is 0.181. The molecule has 0 rings (SSSR count). The van der Waals surface area contributed by atoms with Gasteiger partial charge in [0.25, 0.3) is 0 Å². The van der Waals surface area contributed by atoms with Gasteiger partial charge in [-0.3, -0.25) is 0 Å². The number of aliphatic hydroxyl groups excluding tert-OH is 1. The lowest BCUT2D eigenvalue weighted by molar-refractivity contribution is 0.404. The van der Waals surface area contributed by atoms with Crippen molar-refractivity contribution < 1.29 is 5.11 Å². The second kappa shape index (κ2) is 4.82. The van der Waals surface area contributed by atoms with Crippen LogP contribution in [0.25, 0.3) is 0 Å². The van der Waals surface area contributed by atoms with E-state index in [-0.39, 0.29) is 12.3 Å². The number of rotatable bonds is 3. The molecule has 0 aliphatic carbocycles. The molecule has 0 aliphatic rings. The Hall–Kier alpha value is -1.02. The average molecular weight is 139 g/mol. The van der Waals surface area contributed by atoms with Crippen molar-refractivity contribution in [3.63, 3.8) is 0 Å². The first-order valence-corrected chi connectivity index (χ1v) is 3.09. The Morgan fingerprint density at radius 3 is 2.60 bits per heavy atom. The van der Waals surface area contributed by atoms with E-state index >= 15 is 0 Å². The number of allylic oxidation sites excluding steroid dienone is 4. The summed E-state index contributed by atoms with van der Waals surface area (Å²) in [4.78, 5) is 0. The highest BCUT2D eigenvalue weighted by Crippen LogP contribution is 1.94. The molecule has 0 bridgehead atoms. The van der Waals surface area contributed by atoms with E-state index < -0.39 is 0 Å². The molecule has 3 N–H and O–H groups in total. The van der Waals surface area contributed by atoms with Gasteiger partial charge in [0, 0.05) is 0 Å². The maximum atomic E-state index is 8.86. The molecule has 0 aromatic heterocycles. The van der Waals surface area contributed by atoms with Gasteiger partial charge >= 0.3 is 0 Å². The van der Waals surface area contributed by atoms with Gasteiger partial charge in [0.15, 0.2) is 0 Å². The van der Waals surface area contributed by atoms with Gasteiger partial charge < -0.3 is 10.8 Å². The van der Waals surface area contributed by atoms with Crippen molar-refractivity contribution in [2.45, 2.75) is 6.92 Å². The molecule has 0 heterocycles. The van der Waals surface area contributed by atoms with E-state index in [2.05, 4.69) is 6.58 Å². The molecule has 0 fully saturated rings. The molecule has 0 unspecified atom stereocenters. The van der Waals surface area contributed by atoms with E-state index in [1.165, 1.54) is 0 Å². The minimum Gasteiger partial charge on any atom is -0.511 e. The fourth-order valence-corrected chi connectivity index (χ4v) is 0.364. The summed E-state index contributed by atoms with van der Waals surface area (Å²) in [6.07, 6.45) is 5.03. The van der Waals surface area contributed by atoms with E-state index in [4.69, 9.17) is 10.8 Å². The fraction of sp³-hybridized carbons (Fsp3) is 0.250. The molecule has 0 atom stereocenters. The third-order valence-electron chi connectivity index (χ3n) is 1.07. The molecule has 0 aromatic carbocycles. The summed E-state index contributed by atoms with van der Waals surface area (Å²) in [5.41, 5.74) is 6.13. The quantitative estimate of drug-likeness (QED) is 0.460. The molecule has 0 aromatic rings. The predicted molar refractivity (Wildman–Crippen MR) is 43.7 cm³/mol. The number of nitrogens with two attached hydrogens (primary N) is 1. The third-order valence-corrected chi connectivity index (χ3v) is 1.07. The van der Waals surface area contributed by atoms with Gasteiger partial charge in [-0.1, -0.05) is 24.3 Å². The molecule has 0 amide bonds. The first kappa shape index (κ1) is 8.98. The summed E-state index contributed by atoms with van der Waals surface area (Å²) in [7, 11) is 0. The smallest absolute Gasteiger partial charge is 0.106 e. The van der Waals surface area contributed by atoms with Crippen LogP contribution in [0.1, 0.15) is 6.92 Å². The lowest BCUT2D eigenvalue weighted by Crippen LogP contribution is -2.01.